The molecule has 2 N–H and O–H groups in total. The van der Waals surface area contributed by atoms with Crippen LogP contribution in [0.25, 0.3) is 0 Å². The van der Waals surface area contributed by atoms with Crippen molar-refractivity contribution in [2.75, 3.05) is 5.32 Å². The molecule has 20 heavy (non-hydrogen) atoms. The monoisotopic (exact) mass is 359 g/mol. The van der Waals surface area contributed by atoms with Crippen molar-refractivity contribution in [3.8, 4) is 0 Å². The molecule has 2 unspecified atom stereocenters. The maximum Gasteiger partial charge on any atom is 0.329 e. The van der Waals surface area contributed by atoms with E-state index < -0.39 is 11.5 Å². The lowest BCUT2D eigenvalue weighted by atomic mass is 9.74. The molecule has 1 aliphatic rings. The van der Waals surface area contributed by atoms with E-state index in [1.165, 1.54) is 0 Å². The molecule has 0 radical (unpaired) electrons. The van der Waals surface area contributed by atoms with Gasteiger partial charge in [-0.05, 0) is 52.9 Å². The highest BCUT2D eigenvalue weighted by atomic mass is 79.9. The van der Waals surface area contributed by atoms with Gasteiger partial charge in [0.1, 0.15) is 5.54 Å². The number of aliphatic carboxylic acids is 1. The molecule has 2 rings (SSSR count). The van der Waals surface area contributed by atoms with Crippen molar-refractivity contribution in [2.24, 2.45) is 5.92 Å². The topological polar surface area (TPSA) is 49.3 Å². The summed E-state index contributed by atoms with van der Waals surface area (Å²) in [6.45, 7) is 2.13. The van der Waals surface area contributed by atoms with Crippen LogP contribution in [0, 0.1) is 5.92 Å². The fraction of sp³-hybridized carbons (Fsp3) is 0.533. The van der Waals surface area contributed by atoms with E-state index in [1.54, 1.807) is 6.07 Å². The Morgan fingerprint density at radius 2 is 2.35 bits per heavy atom. The average molecular weight is 361 g/mol. The lowest BCUT2D eigenvalue weighted by Gasteiger charge is -2.38. The summed E-state index contributed by atoms with van der Waals surface area (Å²) in [6.07, 6.45) is 4.45. The van der Waals surface area contributed by atoms with Crippen molar-refractivity contribution < 1.29 is 9.90 Å². The Labute approximate surface area is 132 Å². The quantitative estimate of drug-likeness (QED) is 0.799. The second kappa shape index (κ2) is 6.35. The van der Waals surface area contributed by atoms with Gasteiger partial charge in [-0.3, -0.25) is 0 Å². The van der Waals surface area contributed by atoms with Crippen LogP contribution in [0.1, 0.15) is 39.0 Å². The third-order valence-electron chi connectivity index (χ3n) is 4.14. The minimum absolute atomic E-state index is 0.475. The van der Waals surface area contributed by atoms with Crippen molar-refractivity contribution in [2.45, 2.75) is 44.6 Å². The molecular formula is C15H19BrClNO2. The van der Waals surface area contributed by atoms with E-state index in [0.717, 1.165) is 29.4 Å². The number of nitrogens with one attached hydrogen (secondary N) is 1. The largest absolute Gasteiger partial charge is 0.480 e. The normalized spacial score (nSPS) is 26.2. The van der Waals surface area contributed by atoms with Crippen molar-refractivity contribution in [1.29, 1.82) is 0 Å². The van der Waals surface area contributed by atoms with Gasteiger partial charge in [0.15, 0.2) is 0 Å². The first-order chi connectivity index (χ1) is 9.47. The van der Waals surface area contributed by atoms with Crippen LogP contribution in [0.3, 0.4) is 0 Å². The summed E-state index contributed by atoms with van der Waals surface area (Å²) in [5.74, 6) is -0.287. The van der Waals surface area contributed by atoms with Crippen LogP contribution >= 0.6 is 27.5 Å². The van der Waals surface area contributed by atoms with Gasteiger partial charge in [-0.15, -0.1) is 0 Å². The number of anilines is 1. The number of hydrogen-bond donors (Lipinski definition) is 2. The molecule has 2 atom stereocenters. The van der Waals surface area contributed by atoms with Crippen LogP contribution in [0.2, 0.25) is 5.02 Å². The molecule has 0 heterocycles. The fourth-order valence-corrected chi connectivity index (χ4v) is 3.45. The van der Waals surface area contributed by atoms with E-state index in [9.17, 15) is 9.90 Å². The van der Waals surface area contributed by atoms with Crippen LogP contribution in [0.15, 0.2) is 22.7 Å². The summed E-state index contributed by atoms with van der Waals surface area (Å²) in [5, 5.41) is 13.5. The summed E-state index contributed by atoms with van der Waals surface area (Å²) in [5.41, 5.74) is -0.0629. The number of hydrogen-bond acceptors (Lipinski definition) is 2. The van der Waals surface area contributed by atoms with Gasteiger partial charge < -0.3 is 10.4 Å². The van der Waals surface area contributed by atoms with Gasteiger partial charge in [0.05, 0.1) is 5.02 Å². The van der Waals surface area contributed by atoms with E-state index in [-0.39, 0.29) is 0 Å². The second-order valence-electron chi connectivity index (χ2n) is 5.51. The SMILES string of the molecule is CCC1CCCC(Nc2ccc(Cl)c(Br)c2)(C(=O)O)C1. The van der Waals surface area contributed by atoms with Gasteiger partial charge in [-0.1, -0.05) is 37.8 Å². The van der Waals surface area contributed by atoms with Gasteiger partial charge in [-0.25, -0.2) is 4.79 Å². The van der Waals surface area contributed by atoms with Crippen LogP contribution in [0.4, 0.5) is 5.69 Å². The summed E-state index contributed by atoms with van der Waals surface area (Å²) in [6, 6.07) is 5.43. The Hall–Kier alpha value is -0.740. The van der Waals surface area contributed by atoms with Crippen molar-refractivity contribution in [3.05, 3.63) is 27.7 Å². The summed E-state index contributed by atoms with van der Waals surface area (Å²) < 4.78 is 0.771. The van der Waals surface area contributed by atoms with E-state index >= 15 is 0 Å². The zero-order valence-corrected chi connectivity index (χ0v) is 13.8. The zero-order chi connectivity index (χ0) is 14.8. The Balaban J connectivity index is 2.24. The number of halogens is 2. The zero-order valence-electron chi connectivity index (χ0n) is 11.5. The predicted molar refractivity (Wildman–Crippen MR) is 85.4 cm³/mol. The fourth-order valence-electron chi connectivity index (χ4n) is 2.95. The van der Waals surface area contributed by atoms with E-state index in [1.807, 2.05) is 12.1 Å². The molecular weight excluding hydrogens is 342 g/mol. The standard InChI is InChI=1S/C15H19BrClNO2/c1-2-10-4-3-7-15(9-10,14(19)20)18-11-5-6-13(17)12(16)8-11/h5-6,8,10,18H,2-4,7,9H2,1H3,(H,19,20). The summed E-state index contributed by atoms with van der Waals surface area (Å²) in [4.78, 5) is 11.8. The van der Waals surface area contributed by atoms with E-state index in [0.29, 0.717) is 23.8 Å². The average Bonchev–Trinajstić information content (AvgIpc) is 2.43. The van der Waals surface area contributed by atoms with E-state index in [4.69, 9.17) is 11.6 Å². The Morgan fingerprint density at radius 3 is 2.95 bits per heavy atom. The third-order valence-corrected chi connectivity index (χ3v) is 5.36. The van der Waals surface area contributed by atoms with Crippen molar-refractivity contribution >= 4 is 39.2 Å². The lowest BCUT2D eigenvalue weighted by Crippen LogP contribution is -2.49. The molecule has 0 saturated heterocycles. The minimum Gasteiger partial charge on any atom is -0.480 e. The van der Waals surface area contributed by atoms with Gasteiger partial charge in [0.2, 0.25) is 0 Å². The molecule has 1 fully saturated rings. The van der Waals surface area contributed by atoms with Crippen LogP contribution in [-0.2, 0) is 4.79 Å². The molecule has 1 saturated carbocycles. The lowest BCUT2D eigenvalue weighted by molar-refractivity contribution is -0.144. The van der Waals surface area contributed by atoms with Gasteiger partial charge >= 0.3 is 5.97 Å². The maximum atomic E-state index is 11.8. The van der Waals surface area contributed by atoms with Crippen LogP contribution in [0.5, 0.6) is 0 Å². The molecule has 0 spiro atoms. The number of rotatable bonds is 4. The highest BCUT2D eigenvalue weighted by Gasteiger charge is 2.42. The van der Waals surface area contributed by atoms with Gasteiger partial charge in [-0.2, -0.15) is 0 Å². The van der Waals surface area contributed by atoms with Crippen molar-refractivity contribution in [1.82, 2.24) is 0 Å². The molecule has 0 aromatic heterocycles. The van der Waals surface area contributed by atoms with Crippen LogP contribution in [-0.4, -0.2) is 16.6 Å². The molecule has 110 valence electrons. The molecule has 1 aliphatic carbocycles. The molecule has 5 heteroatoms. The molecule has 0 aliphatic heterocycles. The molecule has 0 bridgehead atoms. The first-order valence-corrected chi connectivity index (χ1v) is 8.10. The number of carboxylic acid groups (broad SMARTS) is 1. The molecule has 1 aromatic carbocycles. The number of benzene rings is 1. The van der Waals surface area contributed by atoms with Gasteiger partial charge in [0.25, 0.3) is 0 Å². The molecule has 0 amide bonds. The Bertz CT molecular complexity index is 509. The van der Waals surface area contributed by atoms with E-state index in [2.05, 4.69) is 28.2 Å². The Morgan fingerprint density at radius 1 is 1.60 bits per heavy atom. The first-order valence-electron chi connectivity index (χ1n) is 6.93. The number of carbonyl (C=O) groups is 1. The Kier molecular flexibility index (Phi) is 4.97. The predicted octanol–water partition coefficient (Wildman–Crippen LogP) is 4.94. The summed E-state index contributed by atoms with van der Waals surface area (Å²) >= 11 is 9.35. The smallest absolute Gasteiger partial charge is 0.329 e. The minimum atomic E-state index is -0.855. The van der Waals surface area contributed by atoms with Crippen molar-refractivity contribution in [3.63, 3.8) is 0 Å². The first kappa shape index (κ1) is 15.6. The molecule has 3 nitrogen and oxygen atoms in total. The third kappa shape index (κ3) is 3.29. The van der Waals surface area contributed by atoms with Crippen LogP contribution < -0.4 is 5.32 Å². The highest BCUT2D eigenvalue weighted by molar-refractivity contribution is 9.10. The number of carboxylic acids is 1. The molecule has 1 aromatic rings. The summed E-state index contributed by atoms with van der Waals surface area (Å²) in [7, 11) is 0. The highest BCUT2D eigenvalue weighted by Crippen LogP contribution is 2.37. The second-order valence-corrected chi connectivity index (χ2v) is 6.77. The maximum absolute atomic E-state index is 11.8. The van der Waals surface area contributed by atoms with Gasteiger partial charge in [0, 0.05) is 10.2 Å².